The van der Waals surface area contributed by atoms with E-state index in [1.54, 1.807) is 0 Å². The third-order valence-corrected chi connectivity index (χ3v) is 7.54. The first-order valence-electron chi connectivity index (χ1n) is 12.3. The molecule has 0 bridgehead atoms. The van der Waals surface area contributed by atoms with Gasteiger partial charge in [-0.2, -0.15) is 0 Å². The zero-order valence-corrected chi connectivity index (χ0v) is 19.2. The van der Waals surface area contributed by atoms with E-state index in [2.05, 4.69) is 41.3 Å². The minimum absolute atomic E-state index is 0.0346. The van der Waals surface area contributed by atoms with Gasteiger partial charge in [0.1, 0.15) is 0 Å². The maximum Gasteiger partial charge on any atom is 0.329 e. The van der Waals surface area contributed by atoms with Gasteiger partial charge in [0.25, 0.3) is 0 Å². The van der Waals surface area contributed by atoms with E-state index in [1.165, 1.54) is 37.7 Å². The molecular formula is C27H33N3O3. The summed E-state index contributed by atoms with van der Waals surface area (Å²) in [5.41, 5.74) is 4.44. The average molecular weight is 448 g/mol. The average Bonchev–Trinajstić information content (AvgIpc) is 3.47. The van der Waals surface area contributed by atoms with Crippen molar-refractivity contribution in [2.24, 2.45) is 5.92 Å². The van der Waals surface area contributed by atoms with Crippen LogP contribution >= 0.6 is 0 Å². The fourth-order valence-corrected chi connectivity index (χ4v) is 5.62. The van der Waals surface area contributed by atoms with Crippen molar-refractivity contribution in [3.63, 3.8) is 0 Å². The molecule has 2 saturated heterocycles. The lowest BCUT2D eigenvalue weighted by atomic mass is 9.84. The lowest BCUT2D eigenvalue weighted by molar-refractivity contribution is -0.141. The quantitative estimate of drug-likeness (QED) is 0.670. The number of carbonyl (C=O) groups excluding carboxylic acids is 1. The Balaban J connectivity index is 1.23. The number of carboxylic acid groups (broad SMARTS) is 1. The van der Waals surface area contributed by atoms with Crippen LogP contribution in [-0.2, 0) is 11.3 Å². The second kappa shape index (κ2) is 9.56. The zero-order chi connectivity index (χ0) is 22.8. The molecule has 2 heterocycles. The molecule has 0 radical (unpaired) electrons. The maximum absolute atomic E-state index is 13.2. The summed E-state index contributed by atoms with van der Waals surface area (Å²) in [5, 5.41) is 9.20. The molecule has 174 valence electrons. The molecular weight excluding hydrogens is 414 g/mol. The number of hydrogen-bond donors (Lipinski definition) is 1. The Morgan fingerprint density at radius 2 is 1.61 bits per heavy atom. The number of aliphatic carboxylic acids is 1. The van der Waals surface area contributed by atoms with E-state index in [0.29, 0.717) is 32.0 Å². The van der Waals surface area contributed by atoms with Crippen molar-refractivity contribution in [1.29, 1.82) is 0 Å². The Morgan fingerprint density at radius 1 is 0.879 bits per heavy atom. The smallest absolute Gasteiger partial charge is 0.329 e. The van der Waals surface area contributed by atoms with Gasteiger partial charge in [-0.15, -0.1) is 0 Å². The molecule has 1 N–H and O–H groups in total. The molecule has 3 aliphatic rings. The topological polar surface area (TPSA) is 64.1 Å². The van der Waals surface area contributed by atoms with Crippen LogP contribution in [0.5, 0.6) is 0 Å². The van der Waals surface area contributed by atoms with Crippen molar-refractivity contribution in [2.75, 3.05) is 36.0 Å². The van der Waals surface area contributed by atoms with Gasteiger partial charge in [0.15, 0.2) is 0 Å². The third-order valence-electron chi connectivity index (χ3n) is 7.54. The first-order valence-corrected chi connectivity index (χ1v) is 12.3. The van der Waals surface area contributed by atoms with Gasteiger partial charge in [-0.25, -0.2) is 4.79 Å². The van der Waals surface area contributed by atoms with Crippen molar-refractivity contribution in [3.05, 3.63) is 59.7 Å². The van der Waals surface area contributed by atoms with Crippen LogP contribution in [0.1, 0.15) is 55.6 Å². The molecule has 1 unspecified atom stereocenters. The highest BCUT2D eigenvalue weighted by Gasteiger charge is 2.31. The van der Waals surface area contributed by atoms with Crippen molar-refractivity contribution in [3.8, 4) is 0 Å². The zero-order valence-electron chi connectivity index (χ0n) is 19.2. The van der Waals surface area contributed by atoms with Crippen LogP contribution in [-0.4, -0.2) is 48.2 Å². The van der Waals surface area contributed by atoms with Gasteiger partial charge in [0.2, 0.25) is 0 Å². The Labute approximate surface area is 195 Å². The minimum atomic E-state index is -0.700. The number of benzene rings is 2. The van der Waals surface area contributed by atoms with Gasteiger partial charge >= 0.3 is 12.0 Å². The van der Waals surface area contributed by atoms with Crippen molar-refractivity contribution in [1.82, 2.24) is 4.90 Å². The SMILES string of the molecule is O=C(O)C1CCN(Cc2ccc(N3CCN(c4cccc(C5CCCCC5)c4)C3=O)cc2)C1. The highest BCUT2D eigenvalue weighted by Crippen LogP contribution is 2.35. The summed E-state index contributed by atoms with van der Waals surface area (Å²) in [7, 11) is 0. The molecule has 0 aromatic heterocycles. The maximum atomic E-state index is 13.2. The third kappa shape index (κ3) is 4.76. The van der Waals surface area contributed by atoms with Crippen LogP contribution in [0.4, 0.5) is 16.2 Å². The van der Waals surface area contributed by atoms with Gasteiger partial charge in [0.05, 0.1) is 5.92 Å². The fourth-order valence-electron chi connectivity index (χ4n) is 5.62. The van der Waals surface area contributed by atoms with E-state index in [-0.39, 0.29) is 11.9 Å². The molecule has 6 heteroatoms. The molecule has 5 rings (SSSR count). The Morgan fingerprint density at radius 3 is 2.30 bits per heavy atom. The summed E-state index contributed by atoms with van der Waals surface area (Å²) < 4.78 is 0. The van der Waals surface area contributed by atoms with E-state index < -0.39 is 5.97 Å². The molecule has 3 fully saturated rings. The monoisotopic (exact) mass is 447 g/mol. The molecule has 33 heavy (non-hydrogen) atoms. The number of carboxylic acids is 1. The number of carbonyl (C=O) groups is 2. The molecule has 2 aliphatic heterocycles. The molecule has 2 amide bonds. The summed E-state index contributed by atoms with van der Waals surface area (Å²) >= 11 is 0. The van der Waals surface area contributed by atoms with Gasteiger partial charge in [-0.3, -0.25) is 19.5 Å². The molecule has 2 aromatic carbocycles. The second-order valence-corrected chi connectivity index (χ2v) is 9.74. The molecule has 0 spiro atoms. The normalized spacial score (nSPS) is 22.3. The molecule has 6 nitrogen and oxygen atoms in total. The van der Waals surface area contributed by atoms with Gasteiger partial charge in [0, 0.05) is 37.6 Å². The van der Waals surface area contributed by atoms with Crippen molar-refractivity contribution < 1.29 is 14.7 Å². The van der Waals surface area contributed by atoms with Gasteiger partial charge < -0.3 is 5.11 Å². The Bertz CT molecular complexity index is 1000. The number of likely N-dealkylation sites (tertiary alicyclic amines) is 1. The van der Waals surface area contributed by atoms with Crippen LogP contribution < -0.4 is 9.80 Å². The number of rotatable bonds is 6. The van der Waals surface area contributed by atoms with E-state index in [4.69, 9.17) is 0 Å². The van der Waals surface area contributed by atoms with E-state index in [9.17, 15) is 14.7 Å². The Kier molecular flexibility index (Phi) is 6.36. The second-order valence-electron chi connectivity index (χ2n) is 9.74. The number of hydrogen-bond acceptors (Lipinski definition) is 3. The standard InChI is InChI=1S/C27H33N3O3/c31-26(32)23-13-14-28(19-23)18-20-9-11-24(12-10-20)29-15-16-30(27(29)33)25-8-4-7-22(17-25)21-5-2-1-3-6-21/h4,7-12,17,21,23H,1-3,5-6,13-16,18-19H2,(H,31,32). The van der Waals surface area contributed by atoms with Gasteiger partial charge in [-0.05, 0) is 67.1 Å². The first kappa shape index (κ1) is 22.0. The predicted molar refractivity (Wildman–Crippen MR) is 130 cm³/mol. The Hall–Kier alpha value is -2.86. The summed E-state index contributed by atoms with van der Waals surface area (Å²) in [6.07, 6.45) is 7.18. The van der Waals surface area contributed by atoms with E-state index in [1.807, 2.05) is 21.9 Å². The van der Waals surface area contributed by atoms with E-state index >= 15 is 0 Å². The highest BCUT2D eigenvalue weighted by atomic mass is 16.4. The minimum Gasteiger partial charge on any atom is -0.481 e. The summed E-state index contributed by atoms with van der Waals surface area (Å²) in [4.78, 5) is 30.4. The summed E-state index contributed by atoms with van der Waals surface area (Å²) in [5.74, 6) is -0.329. The molecule has 1 aliphatic carbocycles. The number of urea groups is 1. The predicted octanol–water partition coefficient (Wildman–Crippen LogP) is 5.09. The summed E-state index contributed by atoms with van der Waals surface area (Å²) in [6, 6.07) is 16.8. The molecule has 1 saturated carbocycles. The highest BCUT2D eigenvalue weighted by molar-refractivity contribution is 6.06. The van der Waals surface area contributed by atoms with Crippen molar-refractivity contribution >= 4 is 23.4 Å². The largest absolute Gasteiger partial charge is 0.481 e. The van der Waals surface area contributed by atoms with E-state index in [0.717, 1.165) is 30.0 Å². The van der Waals surface area contributed by atoms with Crippen molar-refractivity contribution in [2.45, 2.75) is 51.0 Å². The van der Waals surface area contributed by atoms with Crippen LogP contribution in [0.25, 0.3) is 0 Å². The lowest BCUT2D eigenvalue weighted by Crippen LogP contribution is -2.31. The molecule has 1 atom stereocenters. The van der Waals surface area contributed by atoms with Crippen LogP contribution in [0, 0.1) is 5.92 Å². The number of amides is 2. The van der Waals surface area contributed by atoms with Crippen LogP contribution in [0.3, 0.4) is 0 Å². The first-order chi connectivity index (χ1) is 16.1. The van der Waals surface area contributed by atoms with Crippen LogP contribution in [0.2, 0.25) is 0 Å². The fraction of sp³-hybridized carbons (Fsp3) is 0.481. The van der Waals surface area contributed by atoms with Crippen LogP contribution in [0.15, 0.2) is 48.5 Å². The number of nitrogens with zero attached hydrogens (tertiary/aromatic N) is 3. The summed E-state index contributed by atoms with van der Waals surface area (Å²) in [6.45, 7) is 3.55. The lowest BCUT2D eigenvalue weighted by Gasteiger charge is -2.24. The van der Waals surface area contributed by atoms with Gasteiger partial charge in [-0.1, -0.05) is 43.5 Å². The number of anilines is 2. The molecule has 2 aromatic rings.